The number of amides is 1. The van der Waals surface area contributed by atoms with Crippen molar-refractivity contribution in [3.63, 3.8) is 0 Å². The molecule has 0 bridgehead atoms. The maximum atomic E-state index is 11.9. The highest BCUT2D eigenvalue weighted by atomic mass is 32.1. The Kier molecular flexibility index (Phi) is 4.54. The summed E-state index contributed by atoms with van der Waals surface area (Å²) in [7, 11) is 0. The molecule has 6 heteroatoms. The van der Waals surface area contributed by atoms with Gasteiger partial charge in [-0.05, 0) is 49.6 Å². The van der Waals surface area contributed by atoms with Gasteiger partial charge in [0.25, 0.3) is 0 Å². The summed E-state index contributed by atoms with van der Waals surface area (Å²) in [5.41, 5.74) is 1.45. The van der Waals surface area contributed by atoms with E-state index in [0.29, 0.717) is 12.6 Å². The lowest BCUT2D eigenvalue weighted by atomic mass is 9.85. The first-order valence-electron chi connectivity index (χ1n) is 9.08. The number of carbonyl (C=O) groups is 1. The molecule has 3 aliphatic heterocycles. The SMILES string of the molecule is CCOC(=O)N1CCC(N2CCC3(CC2)OCCc2ccsc23)C1. The summed E-state index contributed by atoms with van der Waals surface area (Å²) in [6.45, 7) is 6.89. The van der Waals surface area contributed by atoms with Crippen LogP contribution in [-0.2, 0) is 21.5 Å². The standard InChI is InChI=1S/C18H26N2O3S/c1-2-22-17(21)20-8-3-15(13-20)19-9-6-18(7-10-19)16-14(4-11-23-18)5-12-24-16/h5,12,15H,2-4,6-11,13H2,1H3. The molecule has 24 heavy (non-hydrogen) atoms. The van der Waals surface area contributed by atoms with Gasteiger partial charge in [-0.3, -0.25) is 4.90 Å². The van der Waals surface area contributed by atoms with E-state index in [-0.39, 0.29) is 11.7 Å². The molecule has 1 atom stereocenters. The van der Waals surface area contributed by atoms with Crippen molar-refractivity contribution in [2.45, 2.75) is 44.2 Å². The predicted molar refractivity (Wildman–Crippen MR) is 93.5 cm³/mol. The molecule has 0 N–H and O–H groups in total. The lowest BCUT2D eigenvalue weighted by molar-refractivity contribution is -0.0993. The van der Waals surface area contributed by atoms with E-state index in [0.717, 1.165) is 58.5 Å². The normalized spacial score (nSPS) is 26.5. The molecule has 1 aromatic rings. The molecule has 5 nitrogen and oxygen atoms in total. The third kappa shape index (κ3) is 2.85. The van der Waals surface area contributed by atoms with Crippen LogP contribution in [0.2, 0.25) is 0 Å². The molecule has 1 unspecified atom stereocenters. The number of fused-ring (bicyclic) bond motifs is 2. The van der Waals surface area contributed by atoms with Gasteiger partial charge in [0.15, 0.2) is 0 Å². The molecule has 0 aromatic carbocycles. The van der Waals surface area contributed by atoms with Gasteiger partial charge in [-0.2, -0.15) is 0 Å². The largest absolute Gasteiger partial charge is 0.450 e. The number of nitrogens with zero attached hydrogens (tertiary/aromatic N) is 2. The highest BCUT2D eigenvalue weighted by molar-refractivity contribution is 7.10. The average Bonchev–Trinajstić information content (AvgIpc) is 3.26. The van der Waals surface area contributed by atoms with Gasteiger partial charge in [0.05, 0.1) is 13.2 Å². The molecular formula is C18H26N2O3S. The Hall–Kier alpha value is -1.11. The van der Waals surface area contributed by atoms with Crippen LogP contribution in [0.4, 0.5) is 4.79 Å². The molecular weight excluding hydrogens is 324 g/mol. The number of ether oxygens (including phenoxy) is 2. The molecule has 2 saturated heterocycles. The topological polar surface area (TPSA) is 42.0 Å². The number of piperidine rings is 1. The van der Waals surface area contributed by atoms with Crippen molar-refractivity contribution < 1.29 is 14.3 Å². The lowest BCUT2D eigenvalue weighted by Crippen LogP contribution is -2.50. The zero-order valence-electron chi connectivity index (χ0n) is 14.3. The van der Waals surface area contributed by atoms with E-state index in [1.807, 2.05) is 23.2 Å². The average molecular weight is 350 g/mol. The minimum atomic E-state index is -0.160. The van der Waals surface area contributed by atoms with Crippen LogP contribution in [-0.4, -0.2) is 61.3 Å². The first-order chi connectivity index (χ1) is 11.7. The molecule has 3 aliphatic rings. The van der Waals surface area contributed by atoms with Crippen LogP contribution in [0.15, 0.2) is 11.4 Å². The number of rotatable bonds is 2. The second-order valence-electron chi connectivity index (χ2n) is 6.99. The monoisotopic (exact) mass is 350 g/mol. The van der Waals surface area contributed by atoms with E-state index in [1.54, 1.807) is 0 Å². The van der Waals surface area contributed by atoms with Gasteiger partial charge in [0.1, 0.15) is 5.60 Å². The molecule has 4 heterocycles. The Balaban J connectivity index is 1.37. The van der Waals surface area contributed by atoms with Crippen molar-refractivity contribution in [3.8, 4) is 0 Å². The van der Waals surface area contributed by atoms with Crippen molar-refractivity contribution in [2.24, 2.45) is 0 Å². The second-order valence-corrected chi connectivity index (χ2v) is 7.91. The minimum Gasteiger partial charge on any atom is -0.450 e. The number of thiophene rings is 1. The maximum absolute atomic E-state index is 11.9. The van der Waals surface area contributed by atoms with E-state index in [2.05, 4.69) is 16.3 Å². The zero-order valence-corrected chi connectivity index (χ0v) is 15.1. The summed E-state index contributed by atoms with van der Waals surface area (Å²) < 4.78 is 11.4. The molecule has 1 amide bonds. The Labute approximate surface area is 147 Å². The minimum absolute atomic E-state index is 0.0440. The van der Waals surface area contributed by atoms with Crippen LogP contribution in [0.3, 0.4) is 0 Å². The Bertz CT molecular complexity index is 595. The van der Waals surface area contributed by atoms with Crippen LogP contribution in [0.25, 0.3) is 0 Å². The van der Waals surface area contributed by atoms with Gasteiger partial charge < -0.3 is 14.4 Å². The van der Waals surface area contributed by atoms with Gasteiger partial charge in [-0.25, -0.2) is 4.79 Å². The van der Waals surface area contributed by atoms with Crippen molar-refractivity contribution in [1.29, 1.82) is 0 Å². The van der Waals surface area contributed by atoms with Crippen LogP contribution in [0.5, 0.6) is 0 Å². The quantitative estimate of drug-likeness (QED) is 0.822. The molecule has 2 fully saturated rings. The van der Waals surface area contributed by atoms with Gasteiger partial charge in [0, 0.05) is 37.1 Å². The Morgan fingerprint density at radius 2 is 2.25 bits per heavy atom. The summed E-state index contributed by atoms with van der Waals surface area (Å²) in [5, 5.41) is 2.21. The fourth-order valence-electron chi connectivity index (χ4n) is 4.40. The summed E-state index contributed by atoms with van der Waals surface area (Å²) in [6, 6.07) is 2.74. The number of carbonyl (C=O) groups excluding carboxylic acids is 1. The van der Waals surface area contributed by atoms with Gasteiger partial charge in [0.2, 0.25) is 0 Å². The number of hydrogen-bond acceptors (Lipinski definition) is 5. The van der Waals surface area contributed by atoms with E-state index < -0.39 is 0 Å². The van der Waals surface area contributed by atoms with E-state index >= 15 is 0 Å². The van der Waals surface area contributed by atoms with Crippen molar-refractivity contribution in [3.05, 3.63) is 21.9 Å². The molecule has 0 aliphatic carbocycles. The molecule has 0 saturated carbocycles. The third-order valence-corrected chi connectivity index (χ3v) is 6.86. The maximum Gasteiger partial charge on any atom is 0.409 e. The molecule has 4 rings (SSSR count). The smallest absolute Gasteiger partial charge is 0.409 e. The van der Waals surface area contributed by atoms with Crippen LogP contribution in [0.1, 0.15) is 36.6 Å². The highest BCUT2D eigenvalue weighted by Crippen LogP contribution is 2.44. The highest BCUT2D eigenvalue weighted by Gasteiger charge is 2.43. The molecule has 132 valence electrons. The first kappa shape index (κ1) is 16.4. The van der Waals surface area contributed by atoms with Crippen molar-refractivity contribution >= 4 is 17.4 Å². The summed E-state index contributed by atoms with van der Waals surface area (Å²) in [5.74, 6) is 0. The zero-order chi connectivity index (χ0) is 16.6. The lowest BCUT2D eigenvalue weighted by Gasteiger charge is -2.45. The first-order valence-corrected chi connectivity index (χ1v) is 9.96. The van der Waals surface area contributed by atoms with Gasteiger partial charge >= 0.3 is 6.09 Å². The van der Waals surface area contributed by atoms with Gasteiger partial charge in [-0.1, -0.05) is 0 Å². The second kappa shape index (κ2) is 6.65. The Morgan fingerprint density at radius 1 is 1.42 bits per heavy atom. The summed E-state index contributed by atoms with van der Waals surface area (Å²) >= 11 is 1.86. The van der Waals surface area contributed by atoms with E-state index in [4.69, 9.17) is 9.47 Å². The molecule has 1 spiro atoms. The Morgan fingerprint density at radius 3 is 3.04 bits per heavy atom. The fraction of sp³-hybridized carbons (Fsp3) is 0.722. The number of hydrogen-bond donors (Lipinski definition) is 0. The van der Waals surface area contributed by atoms with Crippen LogP contribution >= 0.6 is 11.3 Å². The van der Waals surface area contributed by atoms with Crippen LogP contribution < -0.4 is 0 Å². The van der Waals surface area contributed by atoms with Crippen molar-refractivity contribution in [1.82, 2.24) is 9.80 Å². The summed E-state index contributed by atoms with van der Waals surface area (Å²) in [6.07, 6.45) is 4.08. The van der Waals surface area contributed by atoms with E-state index in [9.17, 15) is 4.79 Å². The van der Waals surface area contributed by atoms with Gasteiger partial charge in [-0.15, -0.1) is 11.3 Å². The predicted octanol–water partition coefficient (Wildman–Crippen LogP) is 2.84. The van der Waals surface area contributed by atoms with E-state index in [1.165, 1.54) is 10.4 Å². The third-order valence-electron chi connectivity index (χ3n) is 5.72. The summed E-state index contributed by atoms with van der Waals surface area (Å²) in [4.78, 5) is 17.8. The van der Waals surface area contributed by atoms with Crippen molar-refractivity contribution in [2.75, 3.05) is 39.4 Å². The molecule has 0 radical (unpaired) electrons. The molecule has 1 aromatic heterocycles. The number of likely N-dealkylation sites (tertiary alicyclic amines) is 2. The fourth-order valence-corrected chi connectivity index (χ4v) is 5.56. The van der Waals surface area contributed by atoms with Crippen LogP contribution in [0, 0.1) is 0 Å².